The zero-order valence-electron chi connectivity index (χ0n) is 5.45. The van der Waals surface area contributed by atoms with Crippen LogP contribution in [-0.2, 0) is 0 Å². The summed E-state index contributed by atoms with van der Waals surface area (Å²) in [6.45, 7) is 1.07. The second-order valence-corrected chi connectivity index (χ2v) is 3.53. The molecule has 0 spiro atoms. The molecule has 2 atom stereocenters. The van der Waals surface area contributed by atoms with Gasteiger partial charge in [-0.1, -0.05) is 12.2 Å². The standard InChI is InChI=1S/C6H11NS2/c1-7-3-6(9)2-5(7)4-8/h4-6,9H,2-3H2,1H3/t5?,6-/m1/s1. The minimum absolute atomic E-state index is 0.488. The number of hydrogen-bond acceptors (Lipinski definition) is 3. The molecule has 0 amide bonds. The quantitative estimate of drug-likeness (QED) is 0.451. The van der Waals surface area contributed by atoms with Crippen molar-refractivity contribution in [2.45, 2.75) is 17.7 Å². The van der Waals surface area contributed by atoms with E-state index in [-0.39, 0.29) is 0 Å². The predicted molar refractivity (Wildman–Crippen MR) is 47.5 cm³/mol. The normalized spacial score (nSPS) is 37.1. The van der Waals surface area contributed by atoms with Gasteiger partial charge in [-0.25, -0.2) is 0 Å². The summed E-state index contributed by atoms with van der Waals surface area (Å²) in [5.41, 5.74) is 0. The monoisotopic (exact) mass is 161 g/mol. The lowest BCUT2D eigenvalue weighted by molar-refractivity contribution is 0.380. The van der Waals surface area contributed by atoms with Crippen molar-refractivity contribution in [3.05, 3.63) is 0 Å². The number of nitrogens with zero attached hydrogens (tertiary/aromatic N) is 1. The molecule has 1 aliphatic rings. The van der Waals surface area contributed by atoms with Crippen LogP contribution in [0.2, 0.25) is 0 Å². The molecule has 0 aromatic carbocycles. The first-order valence-corrected chi connectivity index (χ1v) is 4.06. The molecule has 0 radical (unpaired) electrons. The number of likely N-dealkylation sites (tertiary alicyclic amines) is 1. The summed E-state index contributed by atoms with van der Waals surface area (Å²) < 4.78 is 0. The van der Waals surface area contributed by atoms with E-state index < -0.39 is 0 Å². The van der Waals surface area contributed by atoms with Crippen LogP contribution in [0.5, 0.6) is 0 Å². The van der Waals surface area contributed by atoms with Gasteiger partial charge in [-0.15, -0.1) is 0 Å². The van der Waals surface area contributed by atoms with Crippen molar-refractivity contribution in [3.63, 3.8) is 0 Å². The molecular weight excluding hydrogens is 150 g/mol. The molecule has 1 saturated heterocycles. The number of thiocarbonyl (C=S) groups is 1. The molecule has 0 N–H and O–H groups in total. The number of thiol groups is 1. The summed E-state index contributed by atoms with van der Waals surface area (Å²) in [7, 11) is 2.09. The fraction of sp³-hybridized carbons (Fsp3) is 0.833. The Morgan fingerprint density at radius 3 is 2.67 bits per heavy atom. The first-order valence-electron chi connectivity index (χ1n) is 3.07. The molecule has 1 fully saturated rings. The van der Waals surface area contributed by atoms with Crippen LogP contribution in [0.4, 0.5) is 0 Å². The number of rotatable bonds is 1. The molecule has 1 unspecified atom stereocenters. The number of hydrogen-bond donors (Lipinski definition) is 1. The van der Waals surface area contributed by atoms with Crippen molar-refractivity contribution >= 4 is 30.2 Å². The molecule has 0 aliphatic carbocycles. The second kappa shape index (κ2) is 2.99. The molecule has 3 heteroatoms. The van der Waals surface area contributed by atoms with Crippen LogP contribution < -0.4 is 0 Å². The van der Waals surface area contributed by atoms with Gasteiger partial charge in [0, 0.05) is 17.8 Å². The molecule has 9 heavy (non-hydrogen) atoms. The van der Waals surface area contributed by atoms with E-state index in [1.807, 2.05) is 5.37 Å². The van der Waals surface area contributed by atoms with E-state index in [9.17, 15) is 0 Å². The van der Waals surface area contributed by atoms with Crippen LogP contribution in [0.15, 0.2) is 0 Å². The van der Waals surface area contributed by atoms with Crippen molar-refractivity contribution in [2.75, 3.05) is 13.6 Å². The van der Waals surface area contributed by atoms with Crippen molar-refractivity contribution in [1.82, 2.24) is 4.90 Å². The van der Waals surface area contributed by atoms with Gasteiger partial charge in [-0.05, 0) is 18.8 Å². The SMILES string of the molecule is CN1C[C@H](S)CC1C=S. The molecule has 1 nitrogen and oxygen atoms in total. The summed E-state index contributed by atoms with van der Waals surface area (Å²) in [5, 5.41) is 2.36. The van der Waals surface area contributed by atoms with E-state index in [2.05, 4.69) is 24.6 Å². The Bertz CT molecular complexity index is 116. The molecule has 52 valence electrons. The Hall–Kier alpha value is 0.400. The van der Waals surface area contributed by atoms with Gasteiger partial charge >= 0.3 is 0 Å². The molecular formula is C6H11NS2. The van der Waals surface area contributed by atoms with Gasteiger partial charge in [-0.3, -0.25) is 4.90 Å². The van der Waals surface area contributed by atoms with Crippen molar-refractivity contribution < 1.29 is 0 Å². The first kappa shape index (κ1) is 7.51. The molecule has 0 aromatic heterocycles. The fourth-order valence-electron chi connectivity index (χ4n) is 1.16. The Labute approximate surface area is 66.8 Å². The third-order valence-electron chi connectivity index (χ3n) is 1.74. The third kappa shape index (κ3) is 1.66. The van der Waals surface area contributed by atoms with Gasteiger partial charge in [0.25, 0.3) is 0 Å². The molecule has 0 saturated carbocycles. The summed E-state index contributed by atoms with van der Waals surface area (Å²) in [6.07, 6.45) is 1.11. The minimum Gasteiger partial charge on any atom is -0.298 e. The van der Waals surface area contributed by atoms with Crippen LogP contribution in [0.3, 0.4) is 0 Å². The van der Waals surface area contributed by atoms with Gasteiger partial charge in [0.15, 0.2) is 0 Å². The summed E-state index contributed by atoms with van der Waals surface area (Å²) >= 11 is 9.20. The van der Waals surface area contributed by atoms with E-state index >= 15 is 0 Å². The van der Waals surface area contributed by atoms with Gasteiger partial charge in [0.1, 0.15) is 0 Å². The molecule has 1 heterocycles. The highest BCUT2D eigenvalue weighted by Gasteiger charge is 2.24. The lowest BCUT2D eigenvalue weighted by Crippen LogP contribution is -2.25. The van der Waals surface area contributed by atoms with Crippen LogP contribution in [0.25, 0.3) is 0 Å². The van der Waals surface area contributed by atoms with Crippen molar-refractivity contribution in [1.29, 1.82) is 0 Å². The van der Waals surface area contributed by atoms with Crippen molar-refractivity contribution in [2.24, 2.45) is 0 Å². The smallest absolute Gasteiger partial charge is 0.0389 e. The van der Waals surface area contributed by atoms with Crippen LogP contribution >= 0.6 is 24.8 Å². The first-order chi connectivity index (χ1) is 4.24. The van der Waals surface area contributed by atoms with Crippen LogP contribution in [0, 0.1) is 0 Å². The Morgan fingerprint density at radius 2 is 2.44 bits per heavy atom. The average Bonchev–Trinajstić information content (AvgIpc) is 2.10. The van der Waals surface area contributed by atoms with Gasteiger partial charge < -0.3 is 0 Å². The molecule has 0 aromatic rings. The highest BCUT2D eigenvalue weighted by molar-refractivity contribution is 7.81. The minimum atomic E-state index is 0.488. The Morgan fingerprint density at radius 1 is 1.78 bits per heavy atom. The van der Waals surface area contributed by atoms with E-state index in [0.717, 1.165) is 13.0 Å². The highest BCUT2D eigenvalue weighted by atomic mass is 32.1. The molecule has 0 bridgehead atoms. The zero-order valence-corrected chi connectivity index (χ0v) is 7.16. The van der Waals surface area contributed by atoms with Crippen LogP contribution in [0.1, 0.15) is 6.42 Å². The van der Waals surface area contributed by atoms with Crippen LogP contribution in [-0.4, -0.2) is 35.2 Å². The van der Waals surface area contributed by atoms with Gasteiger partial charge in [0.2, 0.25) is 0 Å². The molecule has 1 aliphatic heterocycles. The summed E-state index contributed by atoms with van der Waals surface area (Å²) in [4.78, 5) is 2.24. The van der Waals surface area contributed by atoms with E-state index in [4.69, 9.17) is 12.2 Å². The maximum Gasteiger partial charge on any atom is 0.0389 e. The Kier molecular flexibility index (Phi) is 2.50. The third-order valence-corrected chi connectivity index (χ3v) is 2.42. The van der Waals surface area contributed by atoms with E-state index in [1.54, 1.807) is 0 Å². The highest BCUT2D eigenvalue weighted by Crippen LogP contribution is 2.18. The Balaban J connectivity index is 2.47. The maximum absolute atomic E-state index is 4.84. The summed E-state index contributed by atoms with van der Waals surface area (Å²) in [6, 6.07) is 0.488. The predicted octanol–water partition coefficient (Wildman–Crippen LogP) is 0.989. The average molecular weight is 161 g/mol. The zero-order chi connectivity index (χ0) is 6.85. The van der Waals surface area contributed by atoms with E-state index in [1.165, 1.54) is 0 Å². The fourth-order valence-corrected chi connectivity index (χ4v) is 1.95. The largest absolute Gasteiger partial charge is 0.298 e. The topological polar surface area (TPSA) is 3.24 Å². The van der Waals surface area contributed by atoms with Crippen molar-refractivity contribution in [3.8, 4) is 0 Å². The molecule has 1 rings (SSSR count). The lowest BCUT2D eigenvalue weighted by Gasteiger charge is -2.12. The maximum atomic E-state index is 4.84. The lowest BCUT2D eigenvalue weighted by atomic mass is 10.2. The van der Waals surface area contributed by atoms with Gasteiger partial charge in [0.05, 0.1) is 0 Å². The van der Waals surface area contributed by atoms with E-state index in [0.29, 0.717) is 11.3 Å². The van der Waals surface area contributed by atoms with Gasteiger partial charge in [-0.2, -0.15) is 12.6 Å². The summed E-state index contributed by atoms with van der Waals surface area (Å²) in [5.74, 6) is 0. The second-order valence-electron chi connectivity index (χ2n) is 2.53.